The first kappa shape index (κ1) is 30.7. The molecule has 1 aromatic heterocycles. The van der Waals surface area contributed by atoms with E-state index in [1.54, 1.807) is 0 Å². The highest BCUT2D eigenvalue weighted by molar-refractivity contribution is 5.98. The normalized spacial score (nSPS) is 12.7. The molecule has 2 nitrogen and oxygen atoms in total. The van der Waals surface area contributed by atoms with Gasteiger partial charge in [0.25, 0.3) is 0 Å². The van der Waals surface area contributed by atoms with Crippen LogP contribution in [0, 0.1) is 0 Å². The maximum atomic E-state index is 5.35. The lowest BCUT2D eigenvalue weighted by Crippen LogP contribution is -2.14. The highest BCUT2D eigenvalue weighted by Gasteiger charge is 2.35. The molecule has 0 saturated carbocycles. The molecule has 0 radical (unpaired) electrons. The van der Waals surface area contributed by atoms with Crippen molar-refractivity contribution in [3.63, 3.8) is 0 Å². The molecule has 9 rings (SSSR count). The zero-order chi connectivity index (χ0) is 34.4. The fourth-order valence-corrected chi connectivity index (χ4v) is 7.73. The van der Waals surface area contributed by atoms with Gasteiger partial charge in [0.15, 0.2) is 5.82 Å². The molecule has 7 aromatic carbocycles. The zero-order valence-corrected chi connectivity index (χ0v) is 28.7. The number of benzene rings is 7. The minimum Gasteiger partial charge on any atom is -0.228 e. The van der Waals surface area contributed by atoms with Crippen LogP contribution in [0.4, 0.5) is 0 Å². The molecular weight excluding hydrogens is 617 g/mol. The van der Waals surface area contributed by atoms with Crippen LogP contribution in [-0.2, 0) is 5.41 Å². The molecule has 8 aromatic rings. The molecule has 0 atom stereocenters. The number of nitrogens with zero attached hydrogens (tertiary/aromatic N) is 2. The average molecular weight is 653 g/mol. The zero-order valence-electron chi connectivity index (χ0n) is 28.7. The lowest BCUT2D eigenvalue weighted by Gasteiger charge is -2.22. The predicted octanol–water partition coefficient (Wildman–Crippen LogP) is 12.8. The molecule has 0 fully saturated rings. The molecule has 0 spiro atoms. The van der Waals surface area contributed by atoms with Crippen molar-refractivity contribution >= 4 is 0 Å². The van der Waals surface area contributed by atoms with E-state index in [1.165, 1.54) is 27.8 Å². The first-order valence-corrected chi connectivity index (χ1v) is 17.6. The van der Waals surface area contributed by atoms with Crippen LogP contribution in [-0.4, -0.2) is 9.97 Å². The van der Waals surface area contributed by atoms with Crippen LogP contribution in [0.25, 0.3) is 78.4 Å². The summed E-state index contributed by atoms with van der Waals surface area (Å²) in [7, 11) is 0. The summed E-state index contributed by atoms with van der Waals surface area (Å²) >= 11 is 0. The van der Waals surface area contributed by atoms with Crippen molar-refractivity contribution in [1.82, 2.24) is 9.97 Å². The summed E-state index contributed by atoms with van der Waals surface area (Å²) in [5.74, 6) is 0.695. The van der Waals surface area contributed by atoms with Crippen LogP contribution in [0.3, 0.4) is 0 Å². The largest absolute Gasteiger partial charge is 0.228 e. The highest BCUT2D eigenvalue weighted by atomic mass is 14.9. The Kier molecular flexibility index (Phi) is 7.51. The third kappa shape index (κ3) is 5.46. The van der Waals surface area contributed by atoms with E-state index in [0.29, 0.717) is 5.82 Å². The number of aromatic nitrogens is 2. The molecule has 51 heavy (non-hydrogen) atoms. The van der Waals surface area contributed by atoms with E-state index in [1.807, 2.05) is 12.1 Å². The van der Waals surface area contributed by atoms with Crippen molar-refractivity contribution < 1.29 is 0 Å². The van der Waals surface area contributed by atoms with Gasteiger partial charge >= 0.3 is 0 Å². The molecule has 242 valence electrons. The molecule has 0 saturated heterocycles. The average Bonchev–Trinajstić information content (AvgIpc) is 3.44. The second kappa shape index (κ2) is 12.5. The minimum atomic E-state index is -0.0662. The minimum absolute atomic E-state index is 0.0662. The van der Waals surface area contributed by atoms with Crippen LogP contribution >= 0.6 is 0 Å². The summed E-state index contributed by atoms with van der Waals surface area (Å²) in [4.78, 5) is 10.7. The first-order valence-electron chi connectivity index (χ1n) is 17.6. The highest BCUT2D eigenvalue weighted by Crippen LogP contribution is 2.51. The molecule has 2 heteroatoms. The summed E-state index contributed by atoms with van der Waals surface area (Å²) in [5.41, 5.74) is 17.0. The maximum Gasteiger partial charge on any atom is 0.161 e. The van der Waals surface area contributed by atoms with Gasteiger partial charge in [-0.1, -0.05) is 172 Å². The van der Waals surface area contributed by atoms with Crippen molar-refractivity contribution in [3.05, 3.63) is 193 Å². The number of fused-ring (bicyclic) bond motifs is 3. The number of hydrogen-bond donors (Lipinski definition) is 0. The third-order valence-electron chi connectivity index (χ3n) is 10.3. The molecule has 0 aliphatic heterocycles. The Hall–Kier alpha value is -6.38. The van der Waals surface area contributed by atoms with Gasteiger partial charge in [0.2, 0.25) is 0 Å². The Morgan fingerprint density at radius 3 is 1.41 bits per heavy atom. The molecule has 1 aliphatic rings. The van der Waals surface area contributed by atoms with Gasteiger partial charge in [-0.15, -0.1) is 0 Å². The second-order valence-electron chi connectivity index (χ2n) is 13.8. The van der Waals surface area contributed by atoms with Gasteiger partial charge in [-0.25, -0.2) is 9.97 Å². The van der Waals surface area contributed by atoms with Gasteiger partial charge in [0.05, 0.1) is 11.4 Å². The third-order valence-corrected chi connectivity index (χ3v) is 10.3. The van der Waals surface area contributed by atoms with Crippen LogP contribution < -0.4 is 0 Å². The SMILES string of the molecule is CC1(C)c2ccccc2-c2cc(-c3cc(-c4ccccc4)cc(-c4nc(-c5ccccc5)cc(-c5ccccc5)n4)c3-c3ccccc3)ccc21. The number of rotatable bonds is 6. The van der Waals surface area contributed by atoms with Crippen molar-refractivity contribution in [2.24, 2.45) is 0 Å². The predicted molar refractivity (Wildman–Crippen MR) is 212 cm³/mol. The molecular formula is C49H36N2. The molecule has 1 heterocycles. The molecule has 1 aliphatic carbocycles. The van der Waals surface area contributed by atoms with Gasteiger partial charge < -0.3 is 0 Å². The Labute approximate surface area is 299 Å². The Balaban J connectivity index is 1.37. The Morgan fingerprint density at radius 1 is 0.333 bits per heavy atom. The summed E-state index contributed by atoms with van der Waals surface area (Å²) < 4.78 is 0. The fourth-order valence-electron chi connectivity index (χ4n) is 7.73. The van der Waals surface area contributed by atoms with E-state index in [0.717, 1.165) is 55.9 Å². The van der Waals surface area contributed by atoms with Crippen LogP contribution in [0.5, 0.6) is 0 Å². The fraction of sp³-hybridized carbons (Fsp3) is 0.0612. The van der Waals surface area contributed by atoms with E-state index in [-0.39, 0.29) is 5.41 Å². The Morgan fingerprint density at radius 2 is 0.804 bits per heavy atom. The maximum absolute atomic E-state index is 5.35. The molecule has 0 unspecified atom stereocenters. The van der Waals surface area contributed by atoms with Gasteiger partial charge in [-0.2, -0.15) is 0 Å². The quantitative estimate of drug-likeness (QED) is 0.179. The van der Waals surface area contributed by atoms with Crippen LogP contribution in [0.1, 0.15) is 25.0 Å². The van der Waals surface area contributed by atoms with Gasteiger partial charge in [0.1, 0.15) is 0 Å². The topological polar surface area (TPSA) is 25.8 Å². The van der Waals surface area contributed by atoms with E-state index in [2.05, 4.69) is 184 Å². The first-order chi connectivity index (χ1) is 25.0. The Bertz CT molecular complexity index is 2460. The van der Waals surface area contributed by atoms with E-state index < -0.39 is 0 Å². The summed E-state index contributed by atoms with van der Waals surface area (Å²) in [6.07, 6.45) is 0. The lowest BCUT2D eigenvalue weighted by atomic mass is 9.81. The van der Waals surface area contributed by atoms with Crippen molar-refractivity contribution in [2.45, 2.75) is 19.3 Å². The summed E-state index contributed by atoms with van der Waals surface area (Å²) in [6, 6.07) is 64.9. The number of hydrogen-bond acceptors (Lipinski definition) is 2. The van der Waals surface area contributed by atoms with E-state index in [9.17, 15) is 0 Å². The monoisotopic (exact) mass is 652 g/mol. The van der Waals surface area contributed by atoms with Crippen molar-refractivity contribution in [3.8, 4) is 78.4 Å². The summed E-state index contributed by atoms with van der Waals surface area (Å²) in [6.45, 7) is 4.67. The van der Waals surface area contributed by atoms with Crippen LogP contribution in [0.15, 0.2) is 182 Å². The van der Waals surface area contributed by atoms with Gasteiger partial charge in [-0.05, 0) is 74.3 Å². The van der Waals surface area contributed by atoms with E-state index >= 15 is 0 Å². The standard InChI is InChI=1S/C49H36N2/c1-49(2)43-26-16-15-25-39(43)41-29-37(27-28-44(41)49)40-30-38(33-17-7-3-8-18-33)31-42(47(40)36-23-13-6-14-24-36)48-50-45(34-19-9-4-10-20-34)32-46(51-48)35-21-11-5-12-22-35/h3-32H,1-2H3. The van der Waals surface area contributed by atoms with Gasteiger partial charge in [0, 0.05) is 27.7 Å². The van der Waals surface area contributed by atoms with E-state index in [4.69, 9.17) is 9.97 Å². The lowest BCUT2D eigenvalue weighted by molar-refractivity contribution is 0.660. The van der Waals surface area contributed by atoms with Crippen molar-refractivity contribution in [2.75, 3.05) is 0 Å². The molecule has 0 bridgehead atoms. The molecule has 0 N–H and O–H groups in total. The molecule has 0 amide bonds. The smallest absolute Gasteiger partial charge is 0.161 e. The van der Waals surface area contributed by atoms with Crippen LogP contribution in [0.2, 0.25) is 0 Å². The van der Waals surface area contributed by atoms with Gasteiger partial charge in [-0.3, -0.25) is 0 Å². The second-order valence-corrected chi connectivity index (χ2v) is 13.8. The van der Waals surface area contributed by atoms with Crippen molar-refractivity contribution in [1.29, 1.82) is 0 Å². The summed E-state index contributed by atoms with van der Waals surface area (Å²) in [5, 5.41) is 0.